The molecule has 108 valence electrons. The molecule has 2 aromatic rings. The van der Waals surface area contributed by atoms with Crippen LogP contribution in [-0.2, 0) is 0 Å². The maximum Gasteiger partial charge on any atom is 0.187 e. The van der Waals surface area contributed by atoms with Gasteiger partial charge in [-0.15, -0.1) is 10.2 Å². The zero-order valence-corrected chi connectivity index (χ0v) is 12.2. The third kappa shape index (κ3) is 2.67. The summed E-state index contributed by atoms with van der Waals surface area (Å²) in [4.78, 5) is 2.25. The van der Waals surface area contributed by atoms with E-state index in [1.807, 2.05) is 24.3 Å². The number of anilines is 1. The van der Waals surface area contributed by atoms with Crippen LogP contribution in [0.25, 0.3) is 10.9 Å². The Labute approximate surface area is 124 Å². The van der Waals surface area contributed by atoms with Crippen LogP contribution in [0, 0.1) is 11.3 Å². The van der Waals surface area contributed by atoms with E-state index in [0.29, 0.717) is 11.7 Å². The molecule has 5 nitrogen and oxygen atoms in total. The number of fused-ring (bicyclic) bond motifs is 1. The molecule has 1 unspecified atom stereocenters. The molecule has 2 heterocycles. The molecule has 0 radical (unpaired) electrons. The molecule has 1 aromatic carbocycles. The number of nitrogens with one attached hydrogen (secondary N) is 1. The zero-order chi connectivity index (χ0) is 14.7. The van der Waals surface area contributed by atoms with Crippen molar-refractivity contribution in [2.24, 2.45) is 0 Å². The van der Waals surface area contributed by atoms with E-state index in [1.165, 1.54) is 12.8 Å². The van der Waals surface area contributed by atoms with Crippen molar-refractivity contribution in [3.8, 4) is 6.07 Å². The molecule has 0 amide bonds. The first-order chi connectivity index (χ1) is 10.3. The topological polar surface area (TPSA) is 64.8 Å². The van der Waals surface area contributed by atoms with Gasteiger partial charge < -0.3 is 10.2 Å². The Morgan fingerprint density at radius 1 is 1.38 bits per heavy atom. The molecule has 1 aliphatic rings. The van der Waals surface area contributed by atoms with Gasteiger partial charge in [-0.3, -0.25) is 0 Å². The van der Waals surface area contributed by atoms with Gasteiger partial charge in [-0.05, 0) is 32.4 Å². The highest BCUT2D eigenvalue weighted by Crippen LogP contribution is 2.28. The second-order valence-corrected chi connectivity index (χ2v) is 5.36. The summed E-state index contributed by atoms with van der Waals surface area (Å²) in [5.41, 5.74) is 2.16. The summed E-state index contributed by atoms with van der Waals surface area (Å²) in [6.45, 7) is 4.96. The smallest absolute Gasteiger partial charge is 0.187 e. The molecule has 1 saturated heterocycles. The van der Waals surface area contributed by atoms with Crippen molar-refractivity contribution in [1.29, 1.82) is 5.26 Å². The average Bonchev–Trinajstić information content (AvgIpc) is 3.04. The van der Waals surface area contributed by atoms with Gasteiger partial charge in [0.05, 0.1) is 11.2 Å². The first-order valence-corrected chi connectivity index (χ1v) is 7.47. The van der Waals surface area contributed by atoms with E-state index in [2.05, 4.69) is 33.4 Å². The number of hydrogen-bond donors (Lipinski definition) is 1. The Morgan fingerprint density at radius 3 is 2.95 bits per heavy atom. The van der Waals surface area contributed by atoms with Gasteiger partial charge in [0.15, 0.2) is 5.69 Å². The van der Waals surface area contributed by atoms with E-state index < -0.39 is 0 Å². The van der Waals surface area contributed by atoms with Crippen LogP contribution >= 0.6 is 0 Å². The molecule has 0 aliphatic carbocycles. The fraction of sp³-hybridized carbons (Fsp3) is 0.438. The highest BCUT2D eigenvalue weighted by molar-refractivity contribution is 5.93. The maximum atomic E-state index is 9.39. The number of hydrogen-bond acceptors (Lipinski definition) is 5. The minimum Gasteiger partial charge on any atom is -0.367 e. The van der Waals surface area contributed by atoms with E-state index in [-0.39, 0.29) is 0 Å². The Balaban J connectivity index is 2.05. The monoisotopic (exact) mass is 281 g/mol. The average molecular weight is 281 g/mol. The van der Waals surface area contributed by atoms with Crippen LogP contribution in [0.1, 0.15) is 25.5 Å². The summed E-state index contributed by atoms with van der Waals surface area (Å²) in [7, 11) is 0. The van der Waals surface area contributed by atoms with Crippen molar-refractivity contribution < 1.29 is 0 Å². The van der Waals surface area contributed by atoms with Gasteiger partial charge >= 0.3 is 0 Å². The molecule has 5 heteroatoms. The summed E-state index contributed by atoms with van der Waals surface area (Å²) < 4.78 is 0. The molecule has 0 bridgehead atoms. The molecule has 1 atom stereocenters. The highest BCUT2D eigenvalue weighted by Gasteiger charge is 2.21. The standard InChI is InChI=1S/C16H19N5/c1-2-21(11-12-6-5-9-18-12)16-13-7-3-4-8-14(13)19-20-15(16)10-17/h3-4,7-8,12,18H,2,5-6,9,11H2,1H3. The van der Waals surface area contributed by atoms with Crippen LogP contribution in [0.4, 0.5) is 5.69 Å². The number of nitriles is 1. The molecular formula is C16H19N5. The lowest BCUT2D eigenvalue weighted by molar-refractivity contribution is 0.586. The second-order valence-electron chi connectivity index (χ2n) is 5.36. The van der Waals surface area contributed by atoms with Crippen molar-refractivity contribution >= 4 is 16.6 Å². The highest BCUT2D eigenvalue weighted by atomic mass is 15.2. The summed E-state index contributed by atoms with van der Waals surface area (Å²) in [5.74, 6) is 0. The molecule has 0 saturated carbocycles. The number of likely N-dealkylation sites (N-methyl/N-ethyl adjacent to an activating group) is 1. The predicted octanol–water partition coefficient (Wildman–Crippen LogP) is 2.08. The van der Waals surface area contributed by atoms with E-state index >= 15 is 0 Å². The van der Waals surface area contributed by atoms with Crippen molar-refractivity contribution in [2.45, 2.75) is 25.8 Å². The zero-order valence-electron chi connectivity index (χ0n) is 12.2. The quantitative estimate of drug-likeness (QED) is 0.929. The third-order valence-electron chi connectivity index (χ3n) is 4.05. The summed E-state index contributed by atoms with van der Waals surface area (Å²) in [6, 6.07) is 10.6. The second kappa shape index (κ2) is 6.06. The summed E-state index contributed by atoms with van der Waals surface area (Å²) in [5, 5.41) is 22.1. The van der Waals surface area contributed by atoms with E-state index in [1.54, 1.807) is 0 Å². The van der Waals surface area contributed by atoms with Gasteiger partial charge in [-0.2, -0.15) is 5.26 Å². The Bertz CT molecular complexity index is 670. The molecule has 0 spiro atoms. The van der Waals surface area contributed by atoms with Gasteiger partial charge in [0.2, 0.25) is 0 Å². The Morgan fingerprint density at radius 2 is 2.24 bits per heavy atom. The predicted molar refractivity (Wildman–Crippen MR) is 83.2 cm³/mol. The molecule has 1 fully saturated rings. The Hall–Kier alpha value is -2.19. The van der Waals surface area contributed by atoms with Crippen molar-refractivity contribution in [1.82, 2.24) is 15.5 Å². The Kier molecular flexibility index (Phi) is 3.98. The van der Waals surface area contributed by atoms with Gasteiger partial charge in [0.1, 0.15) is 6.07 Å². The molecule has 1 N–H and O–H groups in total. The van der Waals surface area contributed by atoms with Crippen molar-refractivity contribution in [3.05, 3.63) is 30.0 Å². The van der Waals surface area contributed by atoms with Crippen molar-refractivity contribution in [3.63, 3.8) is 0 Å². The number of rotatable bonds is 4. The van der Waals surface area contributed by atoms with E-state index in [0.717, 1.165) is 36.2 Å². The largest absolute Gasteiger partial charge is 0.367 e. The summed E-state index contributed by atoms with van der Waals surface area (Å²) in [6.07, 6.45) is 2.41. The van der Waals surface area contributed by atoms with Crippen LogP contribution in [0.2, 0.25) is 0 Å². The maximum absolute atomic E-state index is 9.39. The minimum atomic E-state index is 0.411. The van der Waals surface area contributed by atoms with Gasteiger partial charge in [-0.1, -0.05) is 18.2 Å². The van der Waals surface area contributed by atoms with Gasteiger partial charge in [0, 0.05) is 24.5 Å². The first-order valence-electron chi connectivity index (χ1n) is 7.47. The lowest BCUT2D eigenvalue weighted by Crippen LogP contribution is -2.38. The lowest BCUT2D eigenvalue weighted by atomic mass is 10.1. The molecule has 1 aliphatic heterocycles. The van der Waals surface area contributed by atoms with Crippen molar-refractivity contribution in [2.75, 3.05) is 24.5 Å². The fourth-order valence-corrected chi connectivity index (χ4v) is 2.99. The van der Waals surface area contributed by atoms with Gasteiger partial charge in [0.25, 0.3) is 0 Å². The summed E-state index contributed by atoms with van der Waals surface area (Å²) >= 11 is 0. The molecule has 21 heavy (non-hydrogen) atoms. The number of aromatic nitrogens is 2. The first kappa shape index (κ1) is 13.8. The van der Waals surface area contributed by atoms with Gasteiger partial charge in [-0.25, -0.2) is 0 Å². The van der Waals surface area contributed by atoms with Crippen LogP contribution in [0.5, 0.6) is 0 Å². The van der Waals surface area contributed by atoms with Crippen LogP contribution in [-0.4, -0.2) is 35.9 Å². The fourth-order valence-electron chi connectivity index (χ4n) is 2.99. The third-order valence-corrected chi connectivity index (χ3v) is 4.05. The van der Waals surface area contributed by atoms with Crippen LogP contribution in [0.3, 0.4) is 0 Å². The molecular weight excluding hydrogens is 262 g/mol. The van der Waals surface area contributed by atoms with Crippen LogP contribution in [0.15, 0.2) is 24.3 Å². The number of nitrogens with zero attached hydrogens (tertiary/aromatic N) is 4. The van der Waals surface area contributed by atoms with E-state index in [9.17, 15) is 5.26 Å². The van der Waals surface area contributed by atoms with E-state index in [4.69, 9.17) is 0 Å². The molecule has 1 aromatic heterocycles. The minimum absolute atomic E-state index is 0.411. The molecule has 3 rings (SSSR count). The number of benzene rings is 1. The normalized spacial score (nSPS) is 17.8. The lowest BCUT2D eigenvalue weighted by Gasteiger charge is -2.27. The SMILES string of the molecule is CCN(CC1CCCN1)c1c(C#N)nnc2ccccc12. The van der Waals surface area contributed by atoms with Crippen LogP contribution < -0.4 is 10.2 Å².